The molecule has 7 heteroatoms. The van der Waals surface area contributed by atoms with Crippen LogP contribution in [0, 0.1) is 0 Å². The molecule has 0 radical (unpaired) electrons. The van der Waals surface area contributed by atoms with E-state index >= 15 is 0 Å². The standard InChI is InChI=1S/C25H26ClN3O2.BrH/c1-3-18-31-24-14-10-22(11-15-24)29-25(28-21-8-12-23(30-2)13-9-21)27-17-16-19-4-6-20(26)7-5-19;/h3-15H,1,16-18H2,2H3,(H2,27,28,29);1H. The first-order chi connectivity index (χ1) is 15.2. The maximum absolute atomic E-state index is 5.97. The Morgan fingerprint density at radius 3 is 2.00 bits per heavy atom. The first-order valence-corrected chi connectivity index (χ1v) is 10.3. The lowest BCUT2D eigenvalue weighted by molar-refractivity contribution is 0.363. The molecule has 0 saturated carbocycles. The van der Waals surface area contributed by atoms with Gasteiger partial charge in [-0.3, -0.25) is 4.99 Å². The molecule has 0 aromatic heterocycles. The van der Waals surface area contributed by atoms with Crippen LogP contribution in [0.4, 0.5) is 11.4 Å². The third-order valence-corrected chi connectivity index (χ3v) is 4.67. The van der Waals surface area contributed by atoms with Gasteiger partial charge in [0, 0.05) is 22.9 Å². The summed E-state index contributed by atoms with van der Waals surface area (Å²) < 4.78 is 10.8. The number of hydrogen-bond acceptors (Lipinski definition) is 3. The summed E-state index contributed by atoms with van der Waals surface area (Å²) >= 11 is 5.97. The molecule has 0 unspecified atom stereocenters. The molecule has 168 valence electrons. The molecule has 0 saturated heterocycles. The molecule has 32 heavy (non-hydrogen) atoms. The van der Waals surface area contributed by atoms with Crippen LogP contribution in [0.2, 0.25) is 5.02 Å². The molecule has 0 amide bonds. The molecule has 0 aliphatic rings. The zero-order chi connectivity index (χ0) is 21.9. The number of nitrogens with zero attached hydrogens (tertiary/aromatic N) is 1. The minimum Gasteiger partial charge on any atom is -0.497 e. The average Bonchev–Trinajstić information content (AvgIpc) is 2.80. The number of hydrogen-bond donors (Lipinski definition) is 2. The van der Waals surface area contributed by atoms with E-state index in [0.29, 0.717) is 19.1 Å². The summed E-state index contributed by atoms with van der Waals surface area (Å²) in [6.07, 6.45) is 2.53. The van der Waals surface area contributed by atoms with Crippen LogP contribution in [-0.2, 0) is 6.42 Å². The van der Waals surface area contributed by atoms with E-state index in [-0.39, 0.29) is 17.0 Å². The van der Waals surface area contributed by atoms with E-state index in [1.165, 1.54) is 5.56 Å². The normalized spacial score (nSPS) is 10.6. The zero-order valence-electron chi connectivity index (χ0n) is 17.9. The lowest BCUT2D eigenvalue weighted by Gasteiger charge is -2.14. The largest absolute Gasteiger partial charge is 0.497 e. The number of nitrogens with one attached hydrogen (secondary N) is 2. The van der Waals surface area contributed by atoms with Crippen LogP contribution >= 0.6 is 28.6 Å². The Morgan fingerprint density at radius 2 is 1.47 bits per heavy atom. The minimum atomic E-state index is 0. The van der Waals surface area contributed by atoms with Gasteiger partial charge in [0.05, 0.1) is 7.11 Å². The molecule has 0 atom stereocenters. The topological polar surface area (TPSA) is 54.9 Å². The van der Waals surface area contributed by atoms with E-state index in [1.54, 1.807) is 13.2 Å². The number of rotatable bonds is 9. The Bertz CT molecular complexity index is 991. The van der Waals surface area contributed by atoms with E-state index in [9.17, 15) is 0 Å². The van der Waals surface area contributed by atoms with E-state index in [1.807, 2.05) is 72.8 Å². The summed E-state index contributed by atoms with van der Waals surface area (Å²) in [6.45, 7) is 4.76. The molecule has 0 aliphatic carbocycles. The van der Waals surface area contributed by atoms with Crippen molar-refractivity contribution in [1.82, 2.24) is 0 Å². The van der Waals surface area contributed by atoms with Crippen molar-refractivity contribution in [2.75, 3.05) is 30.9 Å². The first-order valence-electron chi connectivity index (χ1n) is 9.97. The van der Waals surface area contributed by atoms with Crippen molar-refractivity contribution in [3.63, 3.8) is 0 Å². The maximum atomic E-state index is 5.97. The van der Waals surface area contributed by atoms with Crippen molar-refractivity contribution < 1.29 is 9.47 Å². The van der Waals surface area contributed by atoms with Gasteiger partial charge in [-0.05, 0) is 72.6 Å². The second-order valence-electron chi connectivity index (χ2n) is 6.71. The van der Waals surface area contributed by atoms with Crippen molar-refractivity contribution in [1.29, 1.82) is 0 Å². The van der Waals surface area contributed by atoms with Crippen LogP contribution < -0.4 is 20.1 Å². The maximum Gasteiger partial charge on any atom is 0.200 e. The summed E-state index contributed by atoms with van der Waals surface area (Å²) in [5.41, 5.74) is 2.99. The Balaban J connectivity index is 0.00000363. The number of methoxy groups -OCH3 is 1. The van der Waals surface area contributed by atoms with Crippen molar-refractivity contribution >= 4 is 45.9 Å². The molecule has 3 rings (SSSR count). The summed E-state index contributed by atoms with van der Waals surface area (Å²) in [5.74, 6) is 2.24. The Hall–Kier alpha value is -2.96. The van der Waals surface area contributed by atoms with Gasteiger partial charge in [-0.15, -0.1) is 17.0 Å². The van der Waals surface area contributed by atoms with E-state index in [4.69, 9.17) is 26.1 Å². The van der Waals surface area contributed by atoms with Crippen LogP contribution in [0.3, 0.4) is 0 Å². The highest BCUT2D eigenvalue weighted by molar-refractivity contribution is 8.93. The second-order valence-corrected chi connectivity index (χ2v) is 7.15. The van der Waals surface area contributed by atoms with Crippen molar-refractivity contribution in [3.8, 4) is 11.5 Å². The van der Waals surface area contributed by atoms with Gasteiger partial charge in [0.15, 0.2) is 5.96 Å². The fraction of sp³-hybridized carbons (Fsp3) is 0.160. The first kappa shape index (κ1) is 25.3. The van der Waals surface area contributed by atoms with Crippen molar-refractivity contribution in [2.24, 2.45) is 4.99 Å². The molecular formula is C25H27BrClN3O2. The fourth-order valence-electron chi connectivity index (χ4n) is 2.80. The van der Waals surface area contributed by atoms with Crippen LogP contribution in [0.1, 0.15) is 5.56 Å². The Labute approximate surface area is 204 Å². The van der Waals surface area contributed by atoms with Gasteiger partial charge in [-0.2, -0.15) is 0 Å². The summed E-state index contributed by atoms with van der Waals surface area (Å²) in [4.78, 5) is 4.73. The molecule has 3 aromatic rings. The number of ether oxygens (including phenoxy) is 2. The fourth-order valence-corrected chi connectivity index (χ4v) is 2.92. The number of aliphatic imine (C=N–C) groups is 1. The SMILES string of the molecule is Br.C=CCOc1ccc(NC(=NCCc2ccc(Cl)cc2)Nc2ccc(OC)cc2)cc1. The molecule has 3 aromatic carbocycles. The molecule has 0 aliphatic heterocycles. The lowest BCUT2D eigenvalue weighted by atomic mass is 10.1. The Morgan fingerprint density at radius 1 is 0.906 bits per heavy atom. The predicted molar refractivity (Wildman–Crippen MR) is 140 cm³/mol. The molecule has 5 nitrogen and oxygen atoms in total. The molecular weight excluding hydrogens is 490 g/mol. The van der Waals surface area contributed by atoms with Crippen LogP contribution in [0.15, 0.2) is 90.4 Å². The van der Waals surface area contributed by atoms with Crippen molar-refractivity contribution in [2.45, 2.75) is 6.42 Å². The van der Waals surface area contributed by atoms with Gasteiger partial charge in [-0.1, -0.05) is 36.4 Å². The highest BCUT2D eigenvalue weighted by Crippen LogP contribution is 2.18. The smallest absolute Gasteiger partial charge is 0.200 e. The van der Waals surface area contributed by atoms with Crippen LogP contribution in [-0.4, -0.2) is 26.2 Å². The van der Waals surface area contributed by atoms with Crippen molar-refractivity contribution in [3.05, 3.63) is 96.0 Å². The number of guanidine groups is 1. The number of anilines is 2. The van der Waals surface area contributed by atoms with Gasteiger partial charge < -0.3 is 20.1 Å². The third-order valence-electron chi connectivity index (χ3n) is 4.42. The minimum absolute atomic E-state index is 0. The zero-order valence-corrected chi connectivity index (χ0v) is 20.4. The van der Waals surface area contributed by atoms with E-state index in [0.717, 1.165) is 34.3 Å². The number of benzene rings is 3. The third kappa shape index (κ3) is 8.29. The van der Waals surface area contributed by atoms with Gasteiger partial charge in [-0.25, -0.2) is 0 Å². The summed E-state index contributed by atoms with van der Waals surface area (Å²) in [6, 6.07) is 23.2. The van der Waals surface area contributed by atoms with Crippen LogP contribution in [0.5, 0.6) is 11.5 Å². The van der Waals surface area contributed by atoms with Gasteiger partial charge >= 0.3 is 0 Å². The second kappa shape index (κ2) is 13.5. The lowest BCUT2D eigenvalue weighted by Crippen LogP contribution is -2.22. The molecule has 0 fully saturated rings. The van der Waals surface area contributed by atoms with Gasteiger partial charge in [0.25, 0.3) is 0 Å². The molecule has 2 N–H and O–H groups in total. The quantitative estimate of drug-likeness (QED) is 0.191. The summed E-state index contributed by atoms with van der Waals surface area (Å²) in [7, 11) is 1.65. The monoisotopic (exact) mass is 515 g/mol. The van der Waals surface area contributed by atoms with E-state index in [2.05, 4.69) is 17.2 Å². The highest BCUT2D eigenvalue weighted by atomic mass is 79.9. The number of halogens is 2. The van der Waals surface area contributed by atoms with Gasteiger partial charge in [0.1, 0.15) is 18.1 Å². The predicted octanol–water partition coefficient (Wildman–Crippen LogP) is 6.61. The molecule has 0 bridgehead atoms. The van der Waals surface area contributed by atoms with E-state index < -0.39 is 0 Å². The summed E-state index contributed by atoms with van der Waals surface area (Å²) in [5, 5.41) is 7.42. The Kier molecular flexibility index (Phi) is 10.6. The van der Waals surface area contributed by atoms with Gasteiger partial charge in [0.2, 0.25) is 0 Å². The molecule has 0 spiro atoms. The molecule has 0 heterocycles. The van der Waals surface area contributed by atoms with Crippen LogP contribution in [0.25, 0.3) is 0 Å². The highest BCUT2D eigenvalue weighted by Gasteiger charge is 2.04. The average molecular weight is 517 g/mol.